The third-order valence-electron chi connectivity index (χ3n) is 4.31. The molecule has 1 aromatic carbocycles. The second kappa shape index (κ2) is 10.9. The first-order chi connectivity index (χ1) is 10.2. The zero-order chi connectivity index (χ0) is 15.2. The van der Waals surface area contributed by atoms with Gasteiger partial charge in [-0.3, -0.25) is 9.69 Å². The average molecular weight is 362 g/mol. The molecule has 2 rings (SSSR count). The summed E-state index contributed by atoms with van der Waals surface area (Å²) in [5.41, 5.74) is 6.86. The van der Waals surface area contributed by atoms with Gasteiger partial charge in [-0.2, -0.15) is 0 Å². The maximum absolute atomic E-state index is 12.8. The van der Waals surface area contributed by atoms with Crippen LogP contribution in [0.2, 0.25) is 0 Å². The van der Waals surface area contributed by atoms with E-state index in [1.54, 1.807) is 0 Å². The van der Waals surface area contributed by atoms with Crippen LogP contribution in [-0.2, 0) is 4.79 Å². The van der Waals surface area contributed by atoms with Crippen molar-refractivity contribution in [2.75, 3.05) is 19.6 Å². The van der Waals surface area contributed by atoms with Crippen molar-refractivity contribution in [2.45, 2.75) is 38.8 Å². The van der Waals surface area contributed by atoms with E-state index in [-0.39, 0.29) is 42.8 Å². The summed E-state index contributed by atoms with van der Waals surface area (Å²) in [6.07, 6.45) is 2.37. The highest BCUT2D eigenvalue weighted by Gasteiger charge is 2.34. The van der Waals surface area contributed by atoms with E-state index in [1.165, 1.54) is 12.8 Å². The first-order valence-corrected chi connectivity index (χ1v) is 8.00. The number of nitrogens with one attached hydrogen (secondary N) is 1. The molecule has 0 saturated heterocycles. The zero-order valence-corrected chi connectivity index (χ0v) is 15.5. The van der Waals surface area contributed by atoms with E-state index in [0.717, 1.165) is 18.7 Å². The van der Waals surface area contributed by atoms with E-state index in [9.17, 15) is 4.79 Å². The molecule has 0 heterocycles. The molecule has 6 heteroatoms. The van der Waals surface area contributed by atoms with Crippen molar-refractivity contribution in [1.29, 1.82) is 0 Å². The highest BCUT2D eigenvalue weighted by Crippen LogP contribution is 2.32. The van der Waals surface area contributed by atoms with Crippen molar-refractivity contribution in [3.05, 3.63) is 35.9 Å². The van der Waals surface area contributed by atoms with Crippen LogP contribution >= 0.6 is 24.8 Å². The smallest absolute Gasteiger partial charge is 0.242 e. The van der Waals surface area contributed by atoms with Gasteiger partial charge in [0, 0.05) is 12.6 Å². The Morgan fingerprint density at radius 3 is 2.22 bits per heavy atom. The maximum atomic E-state index is 12.8. The predicted octanol–water partition coefficient (Wildman–Crippen LogP) is 2.77. The van der Waals surface area contributed by atoms with Crippen molar-refractivity contribution < 1.29 is 4.79 Å². The molecule has 1 amide bonds. The molecule has 0 bridgehead atoms. The predicted molar refractivity (Wildman–Crippen MR) is 100 cm³/mol. The van der Waals surface area contributed by atoms with Gasteiger partial charge >= 0.3 is 0 Å². The first kappa shape index (κ1) is 22.2. The first-order valence-electron chi connectivity index (χ1n) is 8.00. The van der Waals surface area contributed by atoms with Gasteiger partial charge in [-0.1, -0.05) is 44.2 Å². The highest BCUT2D eigenvalue weighted by molar-refractivity contribution is 5.85. The standard InChI is InChI=1S/C17H27N3O.2ClH/c1-3-20(4-2)16(14-8-6-5-7-9-14)17(21)19-15(12-18)13-10-11-13;;/h5-9,13,15-16H,3-4,10-12,18H2,1-2H3,(H,19,21);2*1H. The quantitative estimate of drug-likeness (QED) is 0.748. The number of benzene rings is 1. The lowest BCUT2D eigenvalue weighted by atomic mass is 10.0. The zero-order valence-electron chi connectivity index (χ0n) is 13.9. The second-order valence-electron chi connectivity index (χ2n) is 5.72. The summed E-state index contributed by atoms with van der Waals surface area (Å²) in [6.45, 7) is 6.40. The minimum Gasteiger partial charge on any atom is -0.350 e. The molecule has 23 heavy (non-hydrogen) atoms. The topological polar surface area (TPSA) is 58.4 Å². The van der Waals surface area contributed by atoms with Gasteiger partial charge in [0.1, 0.15) is 6.04 Å². The van der Waals surface area contributed by atoms with E-state index < -0.39 is 0 Å². The Labute approximate surface area is 152 Å². The Hall–Kier alpha value is -0.810. The number of nitrogens with two attached hydrogens (primary N) is 1. The normalized spacial score (nSPS) is 16.0. The minimum absolute atomic E-state index is 0. The molecule has 1 aliphatic rings. The third kappa shape index (κ3) is 5.96. The molecule has 0 aliphatic heterocycles. The van der Waals surface area contributed by atoms with Crippen LogP contribution in [0.5, 0.6) is 0 Å². The fourth-order valence-electron chi connectivity index (χ4n) is 2.88. The van der Waals surface area contributed by atoms with Gasteiger partial charge in [0.2, 0.25) is 5.91 Å². The average Bonchev–Trinajstić information content (AvgIpc) is 3.35. The number of hydrogen-bond donors (Lipinski definition) is 2. The summed E-state index contributed by atoms with van der Waals surface area (Å²) in [5.74, 6) is 0.652. The van der Waals surface area contributed by atoms with Crippen molar-refractivity contribution in [3.63, 3.8) is 0 Å². The van der Waals surface area contributed by atoms with Crippen LogP contribution in [-0.4, -0.2) is 36.5 Å². The Morgan fingerprint density at radius 2 is 1.78 bits per heavy atom. The minimum atomic E-state index is -0.228. The van der Waals surface area contributed by atoms with Crippen LogP contribution in [0.25, 0.3) is 0 Å². The molecule has 0 radical (unpaired) electrons. The molecular formula is C17H29Cl2N3O. The summed E-state index contributed by atoms with van der Waals surface area (Å²) in [5, 5.41) is 3.17. The van der Waals surface area contributed by atoms with Crippen LogP contribution < -0.4 is 11.1 Å². The summed E-state index contributed by atoms with van der Waals surface area (Å²) < 4.78 is 0. The molecule has 4 nitrogen and oxygen atoms in total. The maximum Gasteiger partial charge on any atom is 0.242 e. The third-order valence-corrected chi connectivity index (χ3v) is 4.31. The molecular weight excluding hydrogens is 333 g/mol. The number of hydrogen-bond acceptors (Lipinski definition) is 3. The summed E-state index contributed by atoms with van der Waals surface area (Å²) in [6, 6.07) is 9.90. The molecule has 0 aromatic heterocycles. The highest BCUT2D eigenvalue weighted by atomic mass is 35.5. The van der Waals surface area contributed by atoms with Crippen LogP contribution in [0.1, 0.15) is 38.3 Å². The lowest BCUT2D eigenvalue weighted by Gasteiger charge is -2.30. The number of nitrogens with zero attached hydrogens (tertiary/aromatic N) is 1. The fraction of sp³-hybridized carbons (Fsp3) is 0.588. The molecule has 2 unspecified atom stereocenters. The Kier molecular flexibility index (Phi) is 10.5. The van der Waals surface area contributed by atoms with Gasteiger partial charge in [0.15, 0.2) is 0 Å². The molecule has 1 aromatic rings. The molecule has 1 fully saturated rings. The lowest BCUT2D eigenvalue weighted by molar-refractivity contribution is -0.127. The number of rotatable bonds is 8. The van der Waals surface area contributed by atoms with Crippen LogP contribution in [0, 0.1) is 5.92 Å². The number of likely N-dealkylation sites (N-methyl/N-ethyl adjacent to an activating group) is 1. The SMILES string of the molecule is CCN(CC)C(C(=O)NC(CN)C1CC1)c1ccccc1.Cl.Cl. The second-order valence-corrected chi connectivity index (χ2v) is 5.72. The molecule has 0 spiro atoms. The number of halogens is 2. The van der Waals surface area contributed by atoms with Crippen LogP contribution in [0.4, 0.5) is 0 Å². The summed E-state index contributed by atoms with van der Waals surface area (Å²) in [4.78, 5) is 15.0. The van der Waals surface area contributed by atoms with Gasteiger partial charge in [-0.15, -0.1) is 24.8 Å². The van der Waals surface area contributed by atoms with E-state index in [1.807, 2.05) is 30.3 Å². The molecule has 132 valence electrons. The van der Waals surface area contributed by atoms with Gasteiger partial charge in [-0.05, 0) is 37.4 Å². The van der Waals surface area contributed by atoms with Gasteiger partial charge < -0.3 is 11.1 Å². The van der Waals surface area contributed by atoms with E-state index >= 15 is 0 Å². The molecule has 3 N–H and O–H groups in total. The fourth-order valence-corrected chi connectivity index (χ4v) is 2.88. The van der Waals surface area contributed by atoms with E-state index in [2.05, 4.69) is 24.1 Å². The number of amides is 1. The number of carbonyl (C=O) groups is 1. The molecule has 1 saturated carbocycles. The van der Waals surface area contributed by atoms with Crippen molar-refractivity contribution in [2.24, 2.45) is 11.7 Å². The van der Waals surface area contributed by atoms with Crippen molar-refractivity contribution >= 4 is 30.7 Å². The Morgan fingerprint density at radius 1 is 1.22 bits per heavy atom. The van der Waals surface area contributed by atoms with Gasteiger partial charge in [0.05, 0.1) is 0 Å². The Bertz CT molecular complexity index is 450. The van der Waals surface area contributed by atoms with E-state index in [4.69, 9.17) is 5.73 Å². The van der Waals surface area contributed by atoms with Crippen LogP contribution in [0.15, 0.2) is 30.3 Å². The molecule has 1 aliphatic carbocycles. The monoisotopic (exact) mass is 361 g/mol. The van der Waals surface area contributed by atoms with Gasteiger partial charge in [-0.25, -0.2) is 0 Å². The lowest BCUT2D eigenvalue weighted by Crippen LogP contribution is -2.47. The van der Waals surface area contributed by atoms with Crippen LogP contribution in [0.3, 0.4) is 0 Å². The number of carbonyl (C=O) groups excluding carboxylic acids is 1. The van der Waals surface area contributed by atoms with Gasteiger partial charge in [0.25, 0.3) is 0 Å². The largest absolute Gasteiger partial charge is 0.350 e. The van der Waals surface area contributed by atoms with Crippen molar-refractivity contribution in [1.82, 2.24) is 10.2 Å². The molecule has 2 atom stereocenters. The Balaban J connectivity index is 0.00000242. The van der Waals surface area contributed by atoms with Crippen molar-refractivity contribution in [3.8, 4) is 0 Å². The van der Waals surface area contributed by atoms with E-state index in [0.29, 0.717) is 12.5 Å². The summed E-state index contributed by atoms with van der Waals surface area (Å²) >= 11 is 0. The summed E-state index contributed by atoms with van der Waals surface area (Å²) in [7, 11) is 0.